The van der Waals surface area contributed by atoms with Crippen molar-refractivity contribution in [2.75, 3.05) is 5.43 Å². The lowest BCUT2D eigenvalue weighted by Crippen LogP contribution is -1.95. The van der Waals surface area contributed by atoms with E-state index in [2.05, 4.69) is 62.0 Å². The molecule has 0 saturated carbocycles. The zero-order chi connectivity index (χ0) is 17.8. The minimum atomic E-state index is 0.705. The number of rotatable bonds is 5. The van der Waals surface area contributed by atoms with Crippen LogP contribution in [-0.4, -0.2) is 21.2 Å². The minimum absolute atomic E-state index is 0.705. The van der Waals surface area contributed by atoms with Gasteiger partial charge in [-0.25, -0.2) is 9.97 Å². The van der Waals surface area contributed by atoms with Crippen LogP contribution in [0.2, 0.25) is 0 Å². The number of thiophene rings is 1. The number of hydrazone groups is 1. The third kappa shape index (κ3) is 3.32. The highest BCUT2D eigenvalue weighted by Crippen LogP contribution is 2.36. The molecule has 6 heteroatoms. The van der Waals surface area contributed by atoms with Gasteiger partial charge in [0.25, 0.3) is 0 Å². The maximum Gasteiger partial charge on any atom is 0.159 e. The third-order valence-corrected chi connectivity index (χ3v) is 5.02. The molecule has 0 atom stereocenters. The normalized spacial score (nSPS) is 11.3. The summed E-state index contributed by atoms with van der Waals surface area (Å²) in [6.45, 7) is 2.16. The predicted molar refractivity (Wildman–Crippen MR) is 108 cm³/mol. The van der Waals surface area contributed by atoms with Crippen LogP contribution in [-0.2, 0) is 6.42 Å². The first-order valence-corrected chi connectivity index (χ1v) is 9.23. The van der Waals surface area contributed by atoms with Crippen molar-refractivity contribution >= 4 is 33.6 Å². The van der Waals surface area contributed by atoms with Crippen LogP contribution in [0.5, 0.6) is 0 Å². The van der Waals surface area contributed by atoms with Crippen LogP contribution >= 0.6 is 11.3 Å². The average Bonchev–Trinajstić information content (AvgIpc) is 3.14. The number of pyridine rings is 1. The minimum Gasteiger partial charge on any atom is -0.265 e. The molecule has 26 heavy (non-hydrogen) atoms. The molecule has 0 saturated heterocycles. The molecule has 0 aliphatic carbocycles. The van der Waals surface area contributed by atoms with E-state index in [4.69, 9.17) is 0 Å². The average molecular weight is 359 g/mol. The van der Waals surface area contributed by atoms with Gasteiger partial charge in [0.1, 0.15) is 11.2 Å². The third-order valence-electron chi connectivity index (χ3n) is 4.13. The van der Waals surface area contributed by atoms with Crippen LogP contribution in [0.15, 0.2) is 65.6 Å². The van der Waals surface area contributed by atoms with E-state index in [-0.39, 0.29) is 0 Å². The molecule has 1 N–H and O–H groups in total. The summed E-state index contributed by atoms with van der Waals surface area (Å²) >= 11 is 1.61. The maximum absolute atomic E-state index is 4.40. The van der Waals surface area contributed by atoms with Crippen molar-refractivity contribution in [1.82, 2.24) is 15.0 Å². The number of benzene rings is 1. The first kappa shape index (κ1) is 16.4. The number of aromatic nitrogens is 3. The molecule has 0 radical (unpaired) electrons. The van der Waals surface area contributed by atoms with Crippen LogP contribution in [0.1, 0.15) is 18.1 Å². The number of nitrogens with one attached hydrogen (secondary N) is 1. The summed E-state index contributed by atoms with van der Waals surface area (Å²) in [6, 6.07) is 12.4. The van der Waals surface area contributed by atoms with Crippen LogP contribution in [0.25, 0.3) is 21.3 Å². The highest BCUT2D eigenvalue weighted by Gasteiger charge is 2.12. The second kappa shape index (κ2) is 7.41. The Morgan fingerprint density at radius 1 is 1.08 bits per heavy atom. The summed E-state index contributed by atoms with van der Waals surface area (Å²) in [4.78, 5) is 13.7. The Labute approximate surface area is 155 Å². The number of aryl methyl sites for hydroxylation is 1. The van der Waals surface area contributed by atoms with Gasteiger partial charge in [-0.3, -0.25) is 10.4 Å². The molecule has 1 aromatic carbocycles. The second-order valence-corrected chi connectivity index (χ2v) is 6.61. The summed E-state index contributed by atoms with van der Waals surface area (Å²) in [5.74, 6) is 0.705. The molecule has 0 amide bonds. The Kier molecular flexibility index (Phi) is 4.66. The van der Waals surface area contributed by atoms with E-state index in [9.17, 15) is 0 Å². The Bertz CT molecular complexity index is 1040. The predicted octanol–water partition coefficient (Wildman–Crippen LogP) is 4.76. The molecule has 0 fully saturated rings. The van der Waals surface area contributed by atoms with Crippen molar-refractivity contribution in [2.24, 2.45) is 5.10 Å². The summed E-state index contributed by atoms with van der Waals surface area (Å²) in [5.41, 5.74) is 7.63. The highest BCUT2D eigenvalue weighted by molar-refractivity contribution is 7.17. The molecule has 4 rings (SSSR count). The van der Waals surface area contributed by atoms with E-state index < -0.39 is 0 Å². The van der Waals surface area contributed by atoms with Gasteiger partial charge in [-0.2, -0.15) is 5.10 Å². The Morgan fingerprint density at radius 3 is 2.65 bits per heavy atom. The van der Waals surface area contributed by atoms with E-state index in [0.717, 1.165) is 33.3 Å². The molecule has 0 bridgehead atoms. The first-order chi connectivity index (χ1) is 12.8. The van der Waals surface area contributed by atoms with Crippen molar-refractivity contribution in [1.29, 1.82) is 0 Å². The van der Waals surface area contributed by atoms with E-state index in [0.29, 0.717) is 5.82 Å². The van der Waals surface area contributed by atoms with Gasteiger partial charge < -0.3 is 0 Å². The molecule has 4 aromatic rings. The molecular formula is C20H17N5S. The van der Waals surface area contributed by atoms with Gasteiger partial charge in [-0.1, -0.05) is 31.2 Å². The number of hydrogen-bond acceptors (Lipinski definition) is 6. The van der Waals surface area contributed by atoms with Crippen molar-refractivity contribution < 1.29 is 0 Å². The van der Waals surface area contributed by atoms with Crippen LogP contribution in [0, 0.1) is 0 Å². The van der Waals surface area contributed by atoms with Gasteiger partial charge in [0.15, 0.2) is 5.82 Å². The molecular weight excluding hydrogens is 342 g/mol. The van der Waals surface area contributed by atoms with Crippen LogP contribution in [0.3, 0.4) is 0 Å². The molecule has 3 aromatic heterocycles. The lowest BCUT2D eigenvalue weighted by Gasteiger charge is -2.05. The number of fused-ring (bicyclic) bond motifs is 1. The number of nitrogens with zero attached hydrogens (tertiary/aromatic N) is 4. The molecule has 0 aliphatic heterocycles. The monoisotopic (exact) mass is 359 g/mol. The summed E-state index contributed by atoms with van der Waals surface area (Å²) in [6.07, 6.45) is 7.82. The zero-order valence-electron chi connectivity index (χ0n) is 14.3. The number of hydrogen-bond donors (Lipinski definition) is 1. The summed E-state index contributed by atoms with van der Waals surface area (Å²) < 4.78 is 0. The Hall–Kier alpha value is -3.12. The lowest BCUT2D eigenvalue weighted by molar-refractivity contribution is 1.14. The molecule has 3 heterocycles. The fourth-order valence-corrected chi connectivity index (χ4v) is 3.63. The highest BCUT2D eigenvalue weighted by atomic mass is 32.1. The Morgan fingerprint density at radius 2 is 1.88 bits per heavy atom. The van der Waals surface area contributed by atoms with Gasteiger partial charge in [-0.15, -0.1) is 11.3 Å². The smallest absolute Gasteiger partial charge is 0.159 e. The zero-order valence-corrected chi connectivity index (χ0v) is 15.1. The first-order valence-electron chi connectivity index (χ1n) is 8.36. The molecule has 0 spiro atoms. The van der Waals surface area contributed by atoms with Crippen molar-refractivity contribution in [3.63, 3.8) is 0 Å². The largest absolute Gasteiger partial charge is 0.265 e. The molecule has 0 aliphatic rings. The van der Waals surface area contributed by atoms with Crippen molar-refractivity contribution in [2.45, 2.75) is 13.3 Å². The standard InChI is InChI=1S/C20H17N5S/c1-2-14-3-5-16(6-4-14)17-12-26-20-18(17)19(22-13-23-20)25-24-11-15-7-9-21-10-8-15/h3-13H,2H2,1H3,(H,22,23,25)/b24-11+. The van der Waals surface area contributed by atoms with E-state index >= 15 is 0 Å². The van der Waals surface area contributed by atoms with E-state index in [1.54, 1.807) is 36.3 Å². The quantitative estimate of drug-likeness (QED) is 0.412. The SMILES string of the molecule is CCc1ccc(-c2csc3ncnc(N/N=C/c4ccncc4)c23)cc1. The van der Waals surface area contributed by atoms with Gasteiger partial charge in [0, 0.05) is 23.3 Å². The second-order valence-electron chi connectivity index (χ2n) is 5.75. The fourth-order valence-electron chi connectivity index (χ4n) is 2.71. The number of anilines is 1. The fraction of sp³-hybridized carbons (Fsp3) is 0.100. The van der Waals surface area contributed by atoms with Gasteiger partial charge in [-0.05, 0) is 35.2 Å². The Balaban J connectivity index is 1.69. The molecule has 5 nitrogen and oxygen atoms in total. The van der Waals surface area contributed by atoms with Gasteiger partial charge in [0.2, 0.25) is 0 Å². The van der Waals surface area contributed by atoms with Crippen LogP contribution < -0.4 is 5.43 Å². The summed E-state index contributed by atoms with van der Waals surface area (Å²) in [5, 5.41) is 7.43. The lowest BCUT2D eigenvalue weighted by atomic mass is 10.0. The van der Waals surface area contributed by atoms with E-state index in [1.165, 1.54) is 5.56 Å². The topological polar surface area (TPSA) is 63.1 Å². The maximum atomic E-state index is 4.40. The van der Waals surface area contributed by atoms with Crippen molar-refractivity contribution in [3.8, 4) is 11.1 Å². The van der Waals surface area contributed by atoms with Crippen LogP contribution in [0.4, 0.5) is 5.82 Å². The summed E-state index contributed by atoms with van der Waals surface area (Å²) in [7, 11) is 0. The van der Waals surface area contributed by atoms with Crippen molar-refractivity contribution in [3.05, 3.63) is 71.6 Å². The van der Waals surface area contributed by atoms with E-state index in [1.807, 2.05) is 12.1 Å². The van der Waals surface area contributed by atoms with Gasteiger partial charge >= 0.3 is 0 Å². The molecule has 0 unspecified atom stereocenters. The van der Waals surface area contributed by atoms with Gasteiger partial charge in [0.05, 0.1) is 11.6 Å². The molecule has 128 valence electrons.